The summed E-state index contributed by atoms with van der Waals surface area (Å²) in [7, 11) is 17.8. The number of hydrogen-bond acceptors (Lipinski definition) is 31. The van der Waals surface area contributed by atoms with Gasteiger partial charge in [-0.1, -0.05) is 37.9 Å². The Morgan fingerprint density at radius 3 is 1.15 bits per heavy atom. The van der Waals surface area contributed by atoms with Crippen LogP contribution in [0.4, 0.5) is 80.4 Å². The lowest BCUT2D eigenvalue weighted by molar-refractivity contribution is -0.112. The molecule has 13 heterocycles. The second-order valence-corrected chi connectivity index (χ2v) is 35.4. The molecule has 0 aliphatic carbocycles. The van der Waals surface area contributed by atoms with Gasteiger partial charge in [-0.15, -0.1) is 0 Å². The van der Waals surface area contributed by atoms with E-state index in [-0.39, 0.29) is 60.0 Å². The van der Waals surface area contributed by atoms with E-state index in [1.807, 2.05) is 73.8 Å². The van der Waals surface area contributed by atoms with E-state index in [1.165, 1.54) is 22.5 Å². The van der Waals surface area contributed by atoms with Gasteiger partial charge < -0.3 is 104 Å². The van der Waals surface area contributed by atoms with E-state index in [0.29, 0.717) is 112 Å². The number of carbonyl (C=O) groups is 3. The van der Waals surface area contributed by atoms with E-state index in [4.69, 9.17) is 28.4 Å². The molecule has 0 atom stereocenters. The average molecular weight is 1800 g/mol. The third kappa shape index (κ3) is 22.0. The first-order valence-electron chi connectivity index (χ1n) is 43.5. The van der Waals surface area contributed by atoms with E-state index in [0.717, 1.165) is 141 Å². The van der Waals surface area contributed by atoms with Gasteiger partial charge >= 0.3 is 0 Å². The smallest absolute Gasteiger partial charge is 0.247 e. The molecule has 688 valence electrons. The molecule has 131 heavy (non-hydrogen) atoms. The Hall–Kier alpha value is -14.0. The maximum Gasteiger partial charge on any atom is 0.247 e. The normalized spacial score (nSPS) is 16.0. The van der Waals surface area contributed by atoms with Crippen LogP contribution in [0.25, 0.3) is 22.1 Å². The standard InChI is InChI=1S/C32H39N9O3.C31H38N10O3.C30H37N7O5S/c1-6-29(42)35-25-16-26(28(43-5)17-27(25)40-13-9-22(10-14-40)38(2)3)36-32-33-11-7-30(37-32)44-24-19-41(20-24)23-15-21-8-12-39(4)31(21)34-18-23;1-6-28(42)35-24-14-25(27(43-5)15-26(24)40-11-8-21(9-12-40)38(2)3)36-31-32-10-7-29(37-31)44-23-18-41(19-23)22-13-20-16-34-39(4)30(20)33-17-22;1-5-28(38)32-24-17-25(27(41-4)18-26(24)36-15-12-21(13-16-36)35(2)3)33-30-31-14-11-29(34-30)42-22-19-37(20-22)43(39,40)23-9-7-6-8-10-23/h6-8,11-12,15-18,22,24H,1,9-10,13-14,19-20H2,2-5H3,(H,35,42)(H,33,36,37);6-7,10,13-17,21,23H,1,8-9,11-12,18-19H2,2-5H3,(H,35,42)(H,32,36,37);5-11,14,17-18,21-22H,1,12-13,15-16,19-20H2,2-4H3,(H,32,38)(H,31,33,34). The first-order chi connectivity index (χ1) is 63.3. The number of carbonyl (C=O) groups excluding carboxylic acids is 3. The van der Waals surface area contributed by atoms with Crippen LogP contribution in [-0.2, 0) is 38.5 Å². The van der Waals surface area contributed by atoms with Crippen molar-refractivity contribution in [2.24, 2.45) is 14.1 Å². The number of nitrogens with one attached hydrogen (secondary N) is 6. The van der Waals surface area contributed by atoms with Crippen LogP contribution in [-0.4, -0.2) is 278 Å². The average Bonchev–Trinajstić information content (AvgIpc) is 0.950. The highest BCUT2D eigenvalue weighted by Gasteiger charge is 2.39. The van der Waals surface area contributed by atoms with E-state index in [9.17, 15) is 22.8 Å². The minimum atomic E-state index is -3.56. The number of piperidine rings is 3. The van der Waals surface area contributed by atoms with Gasteiger partial charge in [0, 0.05) is 143 Å². The number of fused-ring (bicyclic) bond motifs is 2. The predicted molar refractivity (Wildman–Crippen MR) is 510 cm³/mol. The molecular formula is C93H114N26O11S. The molecule has 0 saturated carbocycles. The Kier molecular flexibility index (Phi) is 28.9. The number of aryl methyl sites for hydroxylation is 2. The van der Waals surface area contributed by atoms with Crippen molar-refractivity contribution in [3.63, 3.8) is 0 Å². The molecule has 3 amide bonds. The number of amides is 3. The Labute approximate surface area is 762 Å². The summed E-state index contributed by atoms with van der Waals surface area (Å²) in [6, 6.07) is 32.6. The van der Waals surface area contributed by atoms with E-state index < -0.39 is 10.0 Å². The fourth-order valence-electron chi connectivity index (χ4n) is 16.7. The summed E-state index contributed by atoms with van der Waals surface area (Å²) in [5.41, 5.74) is 10.3. The van der Waals surface area contributed by atoms with E-state index in [2.05, 4.69) is 196 Å². The Balaban J connectivity index is 0.000000150. The third-order valence-corrected chi connectivity index (χ3v) is 26.1. The summed E-state index contributed by atoms with van der Waals surface area (Å²) in [5, 5.41) is 24.9. The van der Waals surface area contributed by atoms with Crippen LogP contribution in [0, 0.1) is 0 Å². The maximum atomic E-state index is 12.8. The zero-order valence-corrected chi connectivity index (χ0v) is 76.6. The second kappa shape index (κ2) is 41.2. The lowest BCUT2D eigenvalue weighted by atomic mass is 10.0. The van der Waals surface area contributed by atoms with Gasteiger partial charge in [-0.2, -0.15) is 24.4 Å². The molecule has 38 heteroatoms. The van der Waals surface area contributed by atoms with Gasteiger partial charge in [0.1, 0.15) is 41.2 Å². The molecule has 7 aromatic heterocycles. The highest BCUT2D eigenvalue weighted by Crippen LogP contribution is 2.44. The minimum absolute atomic E-state index is 0.00426. The molecule has 6 saturated heterocycles. The fraction of sp³-hybridized carbons (Fsp3) is 0.376. The van der Waals surface area contributed by atoms with Gasteiger partial charge in [0.2, 0.25) is 63.2 Å². The van der Waals surface area contributed by atoms with Crippen molar-refractivity contribution in [2.75, 3.05) is 199 Å². The predicted octanol–water partition coefficient (Wildman–Crippen LogP) is 10.8. The molecule has 0 bridgehead atoms. The summed E-state index contributed by atoms with van der Waals surface area (Å²) in [6.07, 6.45) is 22.0. The van der Waals surface area contributed by atoms with Crippen LogP contribution in [0.2, 0.25) is 0 Å². The maximum absolute atomic E-state index is 12.8. The summed E-state index contributed by atoms with van der Waals surface area (Å²) in [4.78, 5) is 91.3. The van der Waals surface area contributed by atoms with E-state index in [1.54, 1.807) is 99.2 Å². The fourth-order valence-corrected chi connectivity index (χ4v) is 18.2. The van der Waals surface area contributed by atoms with Crippen LogP contribution in [0.3, 0.4) is 0 Å². The SMILES string of the molecule is C=CC(=O)Nc1cc(Nc2nccc(OC3CN(S(=O)(=O)c4ccccc4)C3)n2)c(OC)cc1N1CCC(N(C)C)CC1.C=CC(=O)Nc1cc(Nc2nccc(OC3CN(c4cnc5c(ccn5C)c4)C3)n2)c(OC)cc1N1CCC(N(C)C)CC1.C=CC(=O)Nc1cc(Nc2nccc(OC3CN(c4cnc5c(cnn5C)c4)C3)n2)c(OC)cc1N1CCC(N(C)C)CC1. The first kappa shape index (κ1) is 91.8. The summed E-state index contributed by atoms with van der Waals surface area (Å²) in [6.45, 7) is 19.3. The molecule has 6 N–H and O–H groups in total. The number of nitrogens with zero attached hydrogens (tertiary/aromatic N) is 20. The third-order valence-electron chi connectivity index (χ3n) is 24.3. The van der Waals surface area contributed by atoms with Gasteiger partial charge in [-0.3, -0.25) is 19.1 Å². The topological polar surface area (TPSA) is 368 Å². The lowest BCUT2D eigenvalue weighted by Crippen LogP contribution is -2.56. The molecule has 17 rings (SSSR count). The van der Waals surface area contributed by atoms with Crippen LogP contribution < -0.4 is 84.8 Å². The van der Waals surface area contributed by atoms with Crippen molar-refractivity contribution in [3.8, 4) is 34.9 Å². The van der Waals surface area contributed by atoms with Crippen molar-refractivity contribution >= 4 is 130 Å². The zero-order valence-electron chi connectivity index (χ0n) is 75.7. The monoisotopic (exact) mass is 1800 g/mol. The molecule has 0 radical (unpaired) electrons. The number of ether oxygens (including phenoxy) is 6. The highest BCUT2D eigenvalue weighted by atomic mass is 32.2. The van der Waals surface area contributed by atoms with Crippen molar-refractivity contribution in [1.82, 2.24) is 73.2 Å². The number of anilines is 14. The molecule has 6 aliphatic heterocycles. The van der Waals surface area contributed by atoms with Gasteiger partial charge in [0.15, 0.2) is 5.65 Å². The molecule has 0 unspecified atom stereocenters. The number of benzene rings is 4. The Morgan fingerprint density at radius 2 is 0.786 bits per heavy atom. The molecular weight excluding hydrogens is 1690 g/mol. The summed E-state index contributed by atoms with van der Waals surface area (Å²) < 4.78 is 66.3. The second-order valence-electron chi connectivity index (χ2n) is 33.4. The first-order valence-corrected chi connectivity index (χ1v) is 45.0. The number of rotatable bonds is 31. The van der Waals surface area contributed by atoms with Crippen LogP contribution >= 0.6 is 0 Å². The van der Waals surface area contributed by atoms with Crippen molar-refractivity contribution in [3.05, 3.63) is 184 Å². The van der Waals surface area contributed by atoms with Gasteiger partial charge in [-0.05, 0) is 148 Å². The van der Waals surface area contributed by atoms with Crippen LogP contribution in [0.5, 0.6) is 34.9 Å². The minimum Gasteiger partial charge on any atom is -0.494 e. The van der Waals surface area contributed by atoms with E-state index >= 15 is 0 Å². The molecule has 6 aliphatic rings. The molecule has 4 aromatic carbocycles. The molecule has 0 spiro atoms. The number of methoxy groups -OCH3 is 3. The number of pyridine rings is 2. The van der Waals surface area contributed by atoms with Crippen LogP contribution in [0.1, 0.15) is 38.5 Å². The van der Waals surface area contributed by atoms with Gasteiger partial charge in [0.05, 0.1) is 147 Å². The number of hydrogen-bond donors (Lipinski definition) is 6. The highest BCUT2D eigenvalue weighted by molar-refractivity contribution is 7.89. The quantitative estimate of drug-likeness (QED) is 0.0220. The largest absolute Gasteiger partial charge is 0.494 e. The zero-order chi connectivity index (χ0) is 92.1. The number of aromatic nitrogens is 11. The Morgan fingerprint density at radius 1 is 0.427 bits per heavy atom. The van der Waals surface area contributed by atoms with Crippen molar-refractivity contribution < 1.29 is 51.2 Å². The molecule has 37 nitrogen and oxygen atoms in total. The Bertz CT molecular complexity index is 5770. The van der Waals surface area contributed by atoms with Gasteiger partial charge in [0.25, 0.3) is 0 Å². The number of sulfonamides is 1. The summed E-state index contributed by atoms with van der Waals surface area (Å²) >= 11 is 0. The van der Waals surface area contributed by atoms with Crippen molar-refractivity contribution in [2.45, 2.75) is 79.9 Å². The lowest BCUT2D eigenvalue weighted by Gasteiger charge is -2.40. The summed E-state index contributed by atoms with van der Waals surface area (Å²) in [5.74, 6) is 3.08. The van der Waals surface area contributed by atoms with Crippen LogP contribution in [0.15, 0.2) is 189 Å². The van der Waals surface area contributed by atoms with Crippen molar-refractivity contribution in [1.29, 1.82) is 0 Å². The molecule has 11 aromatic rings. The molecule has 6 fully saturated rings. The van der Waals surface area contributed by atoms with Gasteiger partial charge in [-0.25, -0.2) is 33.3 Å².